The van der Waals surface area contributed by atoms with Crippen molar-refractivity contribution in [1.82, 2.24) is 10.2 Å². The van der Waals surface area contributed by atoms with Crippen LogP contribution in [0.1, 0.15) is 36.8 Å². The summed E-state index contributed by atoms with van der Waals surface area (Å²) in [6.07, 6.45) is 4.93. The molecule has 4 nitrogen and oxygen atoms in total. The molecule has 2 aliphatic rings. The van der Waals surface area contributed by atoms with E-state index >= 15 is 0 Å². The number of likely N-dealkylation sites (N-methyl/N-ethyl adjacent to an activating group) is 1. The van der Waals surface area contributed by atoms with Crippen LogP contribution in [0.2, 0.25) is 0 Å². The second-order valence-electron chi connectivity index (χ2n) is 7.04. The van der Waals surface area contributed by atoms with Gasteiger partial charge in [-0.25, -0.2) is 0 Å². The largest absolute Gasteiger partial charge is 0.325 e. The van der Waals surface area contributed by atoms with Crippen molar-refractivity contribution in [3.63, 3.8) is 0 Å². The number of amides is 1. The van der Waals surface area contributed by atoms with Crippen LogP contribution in [-0.4, -0.2) is 42.5 Å². The number of carbonyl (C=O) groups is 1. The Labute approximate surface area is 145 Å². The second kappa shape index (κ2) is 7.65. The molecule has 2 saturated heterocycles. The minimum atomic E-state index is 0. The average Bonchev–Trinajstić information content (AvgIpc) is 2.81. The molecule has 1 amide bonds. The predicted molar refractivity (Wildman–Crippen MR) is 97.4 cm³/mol. The van der Waals surface area contributed by atoms with Gasteiger partial charge in [0.1, 0.15) is 0 Å². The fourth-order valence-electron chi connectivity index (χ4n) is 3.80. The lowest BCUT2D eigenvalue weighted by atomic mass is 9.98. The Hall–Kier alpha value is -1.10. The first-order valence-corrected chi connectivity index (χ1v) is 8.34. The number of rotatable bonds is 4. The van der Waals surface area contributed by atoms with Gasteiger partial charge in [0.25, 0.3) is 0 Å². The summed E-state index contributed by atoms with van der Waals surface area (Å²) in [5.41, 5.74) is 3.22. The molecule has 0 radical (unpaired) electrons. The number of hydrogen-bond donors (Lipinski definition) is 2. The molecule has 1 aromatic carbocycles. The number of benzene rings is 1. The quantitative estimate of drug-likeness (QED) is 0.888. The van der Waals surface area contributed by atoms with Crippen molar-refractivity contribution in [2.75, 3.05) is 18.9 Å². The summed E-state index contributed by atoms with van der Waals surface area (Å²) in [5, 5.41) is 6.72. The third-order valence-electron chi connectivity index (χ3n) is 5.13. The summed E-state index contributed by atoms with van der Waals surface area (Å²) in [5.74, 6) is 0.0853. The van der Waals surface area contributed by atoms with Gasteiger partial charge in [-0.2, -0.15) is 0 Å². The number of halogens is 1. The SMILES string of the molecule is Cc1ccc(C)c(NC(=O)CN(C)C2CC3CCC(C2)N3)c1.Cl. The van der Waals surface area contributed by atoms with Gasteiger partial charge in [0.05, 0.1) is 6.54 Å². The summed E-state index contributed by atoms with van der Waals surface area (Å²) < 4.78 is 0. The average molecular weight is 338 g/mol. The standard InChI is InChI=1S/C18H27N3O.ClH/c1-12-4-5-13(2)17(8-12)20-18(22)11-21(3)16-9-14-6-7-15(10-16)19-14;/h4-5,8,14-16,19H,6-7,9-11H2,1-3H3,(H,20,22);1H. The maximum Gasteiger partial charge on any atom is 0.238 e. The molecular weight excluding hydrogens is 310 g/mol. The van der Waals surface area contributed by atoms with Gasteiger partial charge >= 0.3 is 0 Å². The van der Waals surface area contributed by atoms with Crippen LogP contribution in [0.5, 0.6) is 0 Å². The number of fused-ring (bicyclic) bond motifs is 2. The van der Waals surface area contributed by atoms with Crippen molar-refractivity contribution in [1.29, 1.82) is 0 Å². The highest BCUT2D eigenvalue weighted by atomic mass is 35.5. The maximum absolute atomic E-state index is 12.3. The van der Waals surface area contributed by atoms with Crippen LogP contribution in [0.4, 0.5) is 5.69 Å². The van der Waals surface area contributed by atoms with Crippen molar-refractivity contribution >= 4 is 24.0 Å². The van der Waals surface area contributed by atoms with E-state index in [0.717, 1.165) is 11.3 Å². The topological polar surface area (TPSA) is 44.4 Å². The van der Waals surface area contributed by atoms with Gasteiger partial charge in [-0.05, 0) is 63.8 Å². The molecule has 2 unspecified atom stereocenters. The van der Waals surface area contributed by atoms with E-state index in [9.17, 15) is 4.79 Å². The number of nitrogens with one attached hydrogen (secondary N) is 2. The van der Waals surface area contributed by atoms with Gasteiger partial charge in [-0.15, -0.1) is 12.4 Å². The third kappa shape index (κ3) is 4.46. The van der Waals surface area contributed by atoms with Gasteiger partial charge in [0, 0.05) is 23.8 Å². The molecule has 0 aliphatic carbocycles. The van der Waals surface area contributed by atoms with Crippen LogP contribution >= 0.6 is 12.4 Å². The number of piperidine rings is 1. The molecule has 0 aromatic heterocycles. The first kappa shape index (κ1) is 18.2. The highest BCUT2D eigenvalue weighted by Gasteiger charge is 2.35. The van der Waals surface area contributed by atoms with Crippen LogP contribution in [0.25, 0.3) is 0 Å². The molecule has 0 saturated carbocycles. The smallest absolute Gasteiger partial charge is 0.238 e. The van der Waals surface area contributed by atoms with E-state index in [4.69, 9.17) is 0 Å². The van der Waals surface area contributed by atoms with Gasteiger partial charge in [-0.1, -0.05) is 12.1 Å². The maximum atomic E-state index is 12.3. The molecule has 2 aliphatic heterocycles. The number of carbonyl (C=O) groups excluding carboxylic acids is 1. The Morgan fingerprint density at radius 3 is 2.57 bits per heavy atom. The minimum Gasteiger partial charge on any atom is -0.325 e. The zero-order valence-electron chi connectivity index (χ0n) is 14.3. The summed E-state index contributed by atoms with van der Waals surface area (Å²) in [6.45, 7) is 4.55. The van der Waals surface area contributed by atoms with E-state index < -0.39 is 0 Å². The van der Waals surface area contributed by atoms with E-state index in [-0.39, 0.29) is 18.3 Å². The molecule has 3 rings (SSSR count). The van der Waals surface area contributed by atoms with Crippen LogP contribution in [0, 0.1) is 13.8 Å². The fraction of sp³-hybridized carbons (Fsp3) is 0.611. The lowest BCUT2D eigenvalue weighted by molar-refractivity contribution is -0.117. The number of nitrogens with zero attached hydrogens (tertiary/aromatic N) is 1. The molecule has 5 heteroatoms. The molecule has 0 spiro atoms. The predicted octanol–water partition coefficient (Wildman–Crippen LogP) is 2.88. The minimum absolute atomic E-state index is 0. The Morgan fingerprint density at radius 2 is 1.91 bits per heavy atom. The summed E-state index contributed by atoms with van der Waals surface area (Å²) in [4.78, 5) is 14.6. The lowest BCUT2D eigenvalue weighted by Crippen LogP contribution is -2.48. The van der Waals surface area contributed by atoms with Gasteiger partial charge in [0.15, 0.2) is 0 Å². The normalized spacial score (nSPS) is 26.0. The van der Waals surface area contributed by atoms with E-state index in [2.05, 4.69) is 34.7 Å². The Balaban J connectivity index is 0.00000192. The van der Waals surface area contributed by atoms with Crippen LogP contribution in [-0.2, 0) is 4.79 Å². The third-order valence-corrected chi connectivity index (χ3v) is 5.13. The molecule has 2 heterocycles. The summed E-state index contributed by atoms with van der Waals surface area (Å²) in [6, 6.07) is 8.02. The number of anilines is 1. The van der Waals surface area contributed by atoms with Crippen molar-refractivity contribution in [2.24, 2.45) is 0 Å². The van der Waals surface area contributed by atoms with E-state index in [1.54, 1.807) is 0 Å². The zero-order chi connectivity index (χ0) is 15.7. The van der Waals surface area contributed by atoms with Crippen LogP contribution < -0.4 is 10.6 Å². The fourth-order valence-corrected chi connectivity index (χ4v) is 3.80. The zero-order valence-corrected chi connectivity index (χ0v) is 15.1. The van der Waals surface area contributed by atoms with Crippen LogP contribution in [0.3, 0.4) is 0 Å². The molecule has 128 valence electrons. The van der Waals surface area contributed by atoms with Gasteiger partial charge < -0.3 is 10.6 Å². The molecule has 2 fully saturated rings. The first-order chi connectivity index (χ1) is 10.5. The highest BCUT2D eigenvalue weighted by Crippen LogP contribution is 2.29. The van der Waals surface area contributed by atoms with Crippen molar-refractivity contribution < 1.29 is 4.79 Å². The highest BCUT2D eigenvalue weighted by molar-refractivity contribution is 5.93. The van der Waals surface area contributed by atoms with Crippen molar-refractivity contribution in [3.8, 4) is 0 Å². The first-order valence-electron chi connectivity index (χ1n) is 8.34. The molecule has 2 bridgehead atoms. The number of hydrogen-bond acceptors (Lipinski definition) is 3. The van der Waals surface area contributed by atoms with E-state index in [1.807, 2.05) is 19.9 Å². The van der Waals surface area contributed by atoms with Gasteiger partial charge in [0.2, 0.25) is 5.91 Å². The lowest BCUT2D eigenvalue weighted by Gasteiger charge is -2.35. The van der Waals surface area contributed by atoms with Crippen LogP contribution in [0.15, 0.2) is 18.2 Å². The molecule has 23 heavy (non-hydrogen) atoms. The van der Waals surface area contributed by atoms with Crippen molar-refractivity contribution in [3.05, 3.63) is 29.3 Å². The van der Waals surface area contributed by atoms with Gasteiger partial charge in [-0.3, -0.25) is 9.69 Å². The molecule has 1 aromatic rings. The second-order valence-corrected chi connectivity index (χ2v) is 7.04. The summed E-state index contributed by atoms with van der Waals surface area (Å²) in [7, 11) is 2.08. The van der Waals surface area contributed by atoms with E-state index in [0.29, 0.717) is 24.7 Å². The monoisotopic (exact) mass is 337 g/mol. The Kier molecular flexibility index (Phi) is 6.06. The molecular formula is C18H28ClN3O. The van der Waals surface area contributed by atoms with Crippen molar-refractivity contribution in [2.45, 2.75) is 57.7 Å². The Bertz CT molecular complexity index is 551. The van der Waals surface area contributed by atoms with E-state index in [1.165, 1.54) is 31.2 Å². The Morgan fingerprint density at radius 1 is 1.26 bits per heavy atom. The molecule has 2 atom stereocenters. The summed E-state index contributed by atoms with van der Waals surface area (Å²) >= 11 is 0. The number of aryl methyl sites for hydroxylation is 2. The molecule has 2 N–H and O–H groups in total.